The van der Waals surface area contributed by atoms with Crippen LogP contribution in [0.1, 0.15) is 40.5 Å². The second kappa shape index (κ2) is 5.53. The van der Waals surface area contributed by atoms with Crippen LogP contribution in [0.15, 0.2) is 0 Å². The molecule has 0 aromatic rings. The molecule has 4 heteroatoms. The summed E-state index contributed by atoms with van der Waals surface area (Å²) in [6.45, 7) is 10.2. The summed E-state index contributed by atoms with van der Waals surface area (Å²) in [4.78, 5) is 13.5. The van der Waals surface area contributed by atoms with Gasteiger partial charge in [-0.1, -0.05) is 0 Å². The SMILES string of the molecule is CCOC(=O)OC[C@@H]1CCCN1C(C)(C)C. The van der Waals surface area contributed by atoms with Gasteiger partial charge in [-0.25, -0.2) is 4.79 Å². The Balaban J connectivity index is 2.39. The molecule has 94 valence electrons. The lowest BCUT2D eigenvalue weighted by Crippen LogP contribution is -2.46. The summed E-state index contributed by atoms with van der Waals surface area (Å²) in [5, 5.41) is 0. The zero-order chi connectivity index (χ0) is 12.2. The van der Waals surface area contributed by atoms with Crippen LogP contribution in [0.2, 0.25) is 0 Å². The molecule has 0 radical (unpaired) electrons. The van der Waals surface area contributed by atoms with Gasteiger partial charge in [0.15, 0.2) is 0 Å². The molecule has 0 saturated carbocycles. The molecule has 16 heavy (non-hydrogen) atoms. The Morgan fingerprint density at radius 1 is 1.38 bits per heavy atom. The zero-order valence-electron chi connectivity index (χ0n) is 10.8. The Bertz CT molecular complexity index is 235. The summed E-state index contributed by atoms with van der Waals surface area (Å²) >= 11 is 0. The second-order valence-electron chi connectivity index (χ2n) is 5.15. The molecule has 0 amide bonds. The van der Waals surface area contributed by atoms with Gasteiger partial charge in [0, 0.05) is 11.6 Å². The molecule has 1 rings (SSSR count). The van der Waals surface area contributed by atoms with Crippen LogP contribution in [-0.4, -0.2) is 42.4 Å². The van der Waals surface area contributed by atoms with Gasteiger partial charge in [-0.2, -0.15) is 0 Å². The molecule has 1 atom stereocenters. The highest BCUT2D eigenvalue weighted by Gasteiger charge is 2.33. The molecule has 0 aromatic heterocycles. The highest BCUT2D eigenvalue weighted by molar-refractivity contribution is 5.59. The molecular formula is C12H23NO3. The largest absolute Gasteiger partial charge is 0.508 e. The molecule has 1 saturated heterocycles. The van der Waals surface area contributed by atoms with E-state index in [1.807, 2.05) is 0 Å². The van der Waals surface area contributed by atoms with E-state index in [1.165, 1.54) is 6.42 Å². The number of ether oxygens (including phenoxy) is 2. The maximum Gasteiger partial charge on any atom is 0.508 e. The van der Waals surface area contributed by atoms with E-state index in [2.05, 4.69) is 25.7 Å². The predicted molar refractivity (Wildman–Crippen MR) is 62.5 cm³/mol. The third-order valence-electron chi connectivity index (χ3n) is 2.89. The first kappa shape index (κ1) is 13.3. The molecule has 0 N–H and O–H groups in total. The Hall–Kier alpha value is -0.770. The van der Waals surface area contributed by atoms with E-state index in [0.29, 0.717) is 19.3 Å². The molecule has 0 aliphatic carbocycles. The number of carbonyl (C=O) groups is 1. The topological polar surface area (TPSA) is 38.8 Å². The van der Waals surface area contributed by atoms with Gasteiger partial charge in [-0.05, 0) is 47.1 Å². The Morgan fingerprint density at radius 2 is 2.06 bits per heavy atom. The summed E-state index contributed by atoms with van der Waals surface area (Å²) in [6.07, 6.45) is 1.72. The summed E-state index contributed by atoms with van der Waals surface area (Å²) in [5.41, 5.74) is 0.138. The fraction of sp³-hybridized carbons (Fsp3) is 0.917. The van der Waals surface area contributed by atoms with Gasteiger partial charge in [0.1, 0.15) is 6.61 Å². The van der Waals surface area contributed by atoms with Gasteiger partial charge >= 0.3 is 6.16 Å². The van der Waals surface area contributed by atoms with Crippen LogP contribution in [0.3, 0.4) is 0 Å². The minimum absolute atomic E-state index is 0.138. The van der Waals surface area contributed by atoms with E-state index < -0.39 is 6.16 Å². The fourth-order valence-corrected chi connectivity index (χ4v) is 2.22. The summed E-state index contributed by atoms with van der Waals surface area (Å²) in [5.74, 6) is 0. The van der Waals surface area contributed by atoms with Crippen molar-refractivity contribution in [2.45, 2.75) is 52.1 Å². The first-order valence-electron chi connectivity index (χ1n) is 6.01. The predicted octanol–water partition coefficient (Wildman–Crippen LogP) is 2.42. The third kappa shape index (κ3) is 3.67. The van der Waals surface area contributed by atoms with Crippen LogP contribution in [-0.2, 0) is 9.47 Å². The molecule has 0 spiro atoms. The monoisotopic (exact) mass is 229 g/mol. The normalized spacial score (nSPS) is 22.1. The van der Waals surface area contributed by atoms with Crippen LogP contribution in [0.25, 0.3) is 0 Å². The molecule has 0 aromatic carbocycles. The van der Waals surface area contributed by atoms with Gasteiger partial charge in [-0.3, -0.25) is 4.90 Å². The van der Waals surface area contributed by atoms with Crippen LogP contribution in [0.5, 0.6) is 0 Å². The van der Waals surface area contributed by atoms with Gasteiger partial charge in [0.2, 0.25) is 0 Å². The van der Waals surface area contributed by atoms with Crippen LogP contribution in [0, 0.1) is 0 Å². The molecule has 1 aliphatic heterocycles. The lowest BCUT2D eigenvalue weighted by atomic mass is 10.1. The Kier molecular flexibility index (Phi) is 4.59. The van der Waals surface area contributed by atoms with E-state index in [4.69, 9.17) is 9.47 Å². The molecule has 4 nitrogen and oxygen atoms in total. The van der Waals surface area contributed by atoms with Crippen molar-refractivity contribution in [1.82, 2.24) is 4.90 Å². The van der Waals surface area contributed by atoms with Crippen molar-refractivity contribution >= 4 is 6.16 Å². The number of hydrogen-bond donors (Lipinski definition) is 0. The van der Waals surface area contributed by atoms with Crippen molar-refractivity contribution in [1.29, 1.82) is 0 Å². The van der Waals surface area contributed by atoms with Crippen molar-refractivity contribution in [3.8, 4) is 0 Å². The van der Waals surface area contributed by atoms with Gasteiger partial charge in [0.05, 0.1) is 6.61 Å². The Labute approximate surface area is 97.9 Å². The lowest BCUT2D eigenvalue weighted by Gasteiger charge is -2.36. The van der Waals surface area contributed by atoms with Crippen molar-refractivity contribution in [2.75, 3.05) is 19.8 Å². The van der Waals surface area contributed by atoms with Crippen molar-refractivity contribution in [2.24, 2.45) is 0 Å². The smallest absolute Gasteiger partial charge is 0.435 e. The highest BCUT2D eigenvalue weighted by Crippen LogP contribution is 2.26. The van der Waals surface area contributed by atoms with Crippen LogP contribution in [0.4, 0.5) is 4.79 Å². The third-order valence-corrected chi connectivity index (χ3v) is 2.89. The molecular weight excluding hydrogens is 206 g/mol. The Morgan fingerprint density at radius 3 is 2.62 bits per heavy atom. The number of rotatable bonds is 3. The van der Waals surface area contributed by atoms with Gasteiger partial charge in [-0.15, -0.1) is 0 Å². The van der Waals surface area contributed by atoms with E-state index in [1.54, 1.807) is 6.92 Å². The van der Waals surface area contributed by atoms with Crippen molar-refractivity contribution in [3.63, 3.8) is 0 Å². The average Bonchev–Trinajstić information content (AvgIpc) is 2.62. The van der Waals surface area contributed by atoms with Gasteiger partial charge in [0.25, 0.3) is 0 Å². The average molecular weight is 229 g/mol. The minimum atomic E-state index is -0.553. The summed E-state index contributed by atoms with van der Waals surface area (Å²) in [6, 6.07) is 0.337. The van der Waals surface area contributed by atoms with E-state index in [0.717, 1.165) is 13.0 Å². The number of hydrogen-bond acceptors (Lipinski definition) is 4. The standard InChI is InChI=1S/C12H23NO3/c1-5-15-11(14)16-9-10-7-6-8-13(10)12(2,3)4/h10H,5-9H2,1-4H3/t10-/m0/s1. The molecule has 1 aliphatic rings. The maximum absolute atomic E-state index is 11.1. The zero-order valence-corrected chi connectivity index (χ0v) is 10.8. The first-order valence-corrected chi connectivity index (χ1v) is 6.01. The van der Waals surface area contributed by atoms with E-state index in [-0.39, 0.29) is 5.54 Å². The first-order chi connectivity index (χ1) is 7.45. The second-order valence-corrected chi connectivity index (χ2v) is 5.15. The van der Waals surface area contributed by atoms with Crippen LogP contribution < -0.4 is 0 Å². The maximum atomic E-state index is 11.1. The highest BCUT2D eigenvalue weighted by atomic mass is 16.7. The summed E-state index contributed by atoms with van der Waals surface area (Å²) < 4.78 is 9.83. The number of nitrogens with zero attached hydrogens (tertiary/aromatic N) is 1. The van der Waals surface area contributed by atoms with Crippen molar-refractivity contribution in [3.05, 3.63) is 0 Å². The quantitative estimate of drug-likeness (QED) is 0.697. The van der Waals surface area contributed by atoms with E-state index in [9.17, 15) is 4.79 Å². The molecule has 0 unspecified atom stereocenters. The van der Waals surface area contributed by atoms with Gasteiger partial charge < -0.3 is 9.47 Å². The molecule has 1 fully saturated rings. The lowest BCUT2D eigenvalue weighted by molar-refractivity contribution is 0.0242. The molecule has 1 heterocycles. The number of likely N-dealkylation sites (tertiary alicyclic amines) is 1. The van der Waals surface area contributed by atoms with Crippen LogP contribution >= 0.6 is 0 Å². The minimum Gasteiger partial charge on any atom is -0.435 e. The van der Waals surface area contributed by atoms with E-state index >= 15 is 0 Å². The van der Waals surface area contributed by atoms with Crippen molar-refractivity contribution < 1.29 is 14.3 Å². The fourth-order valence-electron chi connectivity index (χ4n) is 2.22. The molecule has 0 bridgehead atoms. The summed E-state index contributed by atoms with van der Waals surface area (Å²) in [7, 11) is 0. The number of carbonyl (C=O) groups excluding carboxylic acids is 1.